The van der Waals surface area contributed by atoms with E-state index < -0.39 is 23.0 Å². The zero-order valence-electron chi connectivity index (χ0n) is 15.5. The van der Waals surface area contributed by atoms with Crippen molar-refractivity contribution in [3.05, 3.63) is 10.4 Å². The topological polar surface area (TPSA) is 106 Å². The van der Waals surface area contributed by atoms with Gasteiger partial charge >= 0.3 is 6.09 Å². The Morgan fingerprint density at radius 2 is 1.83 bits per heavy atom. The summed E-state index contributed by atoms with van der Waals surface area (Å²) in [5.74, 6) is -0.811. The Labute approximate surface area is 142 Å². The van der Waals surface area contributed by atoms with Crippen molar-refractivity contribution >= 4 is 6.09 Å². The first-order chi connectivity index (χ1) is 10.8. The zero-order valence-corrected chi connectivity index (χ0v) is 15.5. The Kier molecular flexibility index (Phi) is 4.78. The van der Waals surface area contributed by atoms with E-state index in [1.807, 2.05) is 48.5 Å². The molecule has 0 aromatic heterocycles. The molecule has 1 N–H and O–H groups in total. The van der Waals surface area contributed by atoms with Gasteiger partial charge in [-0.3, -0.25) is 0 Å². The van der Waals surface area contributed by atoms with Crippen molar-refractivity contribution in [3.63, 3.8) is 0 Å². The maximum atomic E-state index is 12.1. The summed E-state index contributed by atoms with van der Waals surface area (Å²) in [6.45, 7) is 12.9. The maximum absolute atomic E-state index is 12.1. The summed E-state index contributed by atoms with van der Waals surface area (Å²) >= 11 is 0. The number of nitrogens with zero attached hydrogens (tertiary/aromatic N) is 3. The molecule has 2 rings (SSSR count). The number of azide groups is 1. The van der Waals surface area contributed by atoms with E-state index >= 15 is 0 Å². The number of nitrogens with one attached hydrogen (secondary N) is 1. The second kappa shape index (κ2) is 6.10. The average Bonchev–Trinajstić information content (AvgIpc) is 2.81. The first kappa shape index (κ1) is 18.8. The molecule has 8 heteroatoms. The van der Waals surface area contributed by atoms with E-state index in [2.05, 4.69) is 15.3 Å². The highest BCUT2D eigenvalue weighted by Gasteiger charge is 2.57. The molecule has 4 atom stereocenters. The van der Waals surface area contributed by atoms with Crippen LogP contribution in [0.1, 0.15) is 54.9 Å². The molecule has 0 unspecified atom stereocenters. The molecular formula is C16H28N4O4. The van der Waals surface area contributed by atoms with Crippen molar-refractivity contribution in [3.8, 4) is 0 Å². The van der Waals surface area contributed by atoms with Crippen LogP contribution in [0.5, 0.6) is 0 Å². The first-order valence-electron chi connectivity index (χ1n) is 8.26. The van der Waals surface area contributed by atoms with Crippen molar-refractivity contribution in [2.24, 2.45) is 11.0 Å². The molecule has 1 saturated heterocycles. The molecule has 0 aromatic carbocycles. The molecule has 0 radical (unpaired) electrons. The highest BCUT2D eigenvalue weighted by molar-refractivity contribution is 5.68. The quantitative estimate of drug-likeness (QED) is 0.482. The summed E-state index contributed by atoms with van der Waals surface area (Å²) in [5.41, 5.74) is 7.62. The summed E-state index contributed by atoms with van der Waals surface area (Å²) in [5, 5.41) is 6.81. The van der Waals surface area contributed by atoms with E-state index in [0.29, 0.717) is 6.42 Å². The van der Waals surface area contributed by atoms with E-state index in [9.17, 15) is 4.79 Å². The minimum Gasteiger partial charge on any atom is -0.444 e. The second-order valence-corrected chi connectivity index (χ2v) is 8.50. The lowest BCUT2D eigenvalue weighted by Gasteiger charge is -2.31. The van der Waals surface area contributed by atoms with Crippen LogP contribution in [0.2, 0.25) is 0 Å². The van der Waals surface area contributed by atoms with Gasteiger partial charge in [0.15, 0.2) is 5.79 Å². The van der Waals surface area contributed by atoms with Crippen LogP contribution in [-0.4, -0.2) is 41.3 Å². The molecular weight excluding hydrogens is 312 g/mol. The van der Waals surface area contributed by atoms with E-state index in [0.717, 1.165) is 0 Å². The number of carbonyl (C=O) groups excluding carboxylic acids is 1. The predicted molar refractivity (Wildman–Crippen MR) is 88.3 cm³/mol. The van der Waals surface area contributed by atoms with E-state index in [4.69, 9.17) is 19.7 Å². The Bertz CT molecular complexity index is 549. The molecule has 1 heterocycles. The number of hydrogen-bond acceptors (Lipinski definition) is 5. The van der Waals surface area contributed by atoms with E-state index in [1.165, 1.54) is 0 Å². The van der Waals surface area contributed by atoms with Crippen molar-refractivity contribution in [2.45, 2.75) is 90.1 Å². The van der Waals surface area contributed by atoms with Crippen LogP contribution in [-0.2, 0) is 14.2 Å². The fraction of sp³-hybridized carbons (Fsp3) is 0.938. The molecule has 2 fully saturated rings. The van der Waals surface area contributed by atoms with Gasteiger partial charge < -0.3 is 19.5 Å². The smallest absolute Gasteiger partial charge is 0.407 e. The minimum atomic E-state index is -0.742. The molecule has 1 aliphatic carbocycles. The van der Waals surface area contributed by atoms with Crippen LogP contribution >= 0.6 is 0 Å². The number of rotatable bonds is 3. The number of hydrogen-bond donors (Lipinski definition) is 1. The van der Waals surface area contributed by atoms with Gasteiger partial charge in [-0.2, -0.15) is 0 Å². The van der Waals surface area contributed by atoms with Gasteiger partial charge in [-0.05, 0) is 46.6 Å². The van der Waals surface area contributed by atoms with Crippen LogP contribution in [0.4, 0.5) is 4.79 Å². The van der Waals surface area contributed by atoms with Crippen molar-refractivity contribution in [2.75, 3.05) is 0 Å². The lowest BCUT2D eigenvalue weighted by Crippen LogP contribution is -2.45. The standard InChI is InChI=1S/C16H28N4O4/c1-14(2,3)24-13(21)18-10-8-9(15(4,5)19-20-17)11-12(10)23-16(6,7)22-11/h9-12H,8H2,1-7H3,(H,18,21)/t9-,10+,11+,12-/m0/s1. The lowest BCUT2D eigenvalue weighted by molar-refractivity contribution is -0.161. The molecule has 0 aromatic rings. The van der Waals surface area contributed by atoms with Crippen LogP contribution in [0, 0.1) is 5.92 Å². The van der Waals surface area contributed by atoms with Crippen molar-refractivity contribution in [1.29, 1.82) is 0 Å². The Morgan fingerprint density at radius 3 is 2.38 bits per heavy atom. The molecule has 1 saturated carbocycles. The van der Waals surface area contributed by atoms with Gasteiger partial charge in [0.05, 0.1) is 12.1 Å². The second-order valence-electron chi connectivity index (χ2n) is 8.50. The average molecular weight is 340 g/mol. The molecule has 24 heavy (non-hydrogen) atoms. The number of amides is 1. The SMILES string of the molecule is CC(C)(C)OC(=O)N[C@@H]1C[C@H](C(C)(C)N=[N+]=[N-])[C@H]2OC(C)(C)O[C@H]21. The summed E-state index contributed by atoms with van der Waals surface area (Å²) in [6, 6.07) is -0.259. The molecule has 2 aliphatic rings. The van der Waals surface area contributed by atoms with Gasteiger partial charge in [-0.1, -0.05) is 19.0 Å². The Morgan fingerprint density at radius 1 is 1.25 bits per heavy atom. The lowest BCUT2D eigenvalue weighted by atomic mass is 9.85. The largest absolute Gasteiger partial charge is 0.444 e. The molecule has 0 spiro atoms. The summed E-state index contributed by atoms with van der Waals surface area (Å²) in [4.78, 5) is 15.1. The van der Waals surface area contributed by atoms with Crippen LogP contribution in [0.3, 0.4) is 0 Å². The normalized spacial score (nSPS) is 32.0. The van der Waals surface area contributed by atoms with Gasteiger partial charge in [0.1, 0.15) is 11.7 Å². The third-order valence-electron chi connectivity index (χ3n) is 4.38. The number of carbonyl (C=O) groups is 1. The maximum Gasteiger partial charge on any atom is 0.407 e. The van der Waals surface area contributed by atoms with Gasteiger partial charge in [-0.25, -0.2) is 4.79 Å². The van der Waals surface area contributed by atoms with Crippen LogP contribution in [0.25, 0.3) is 10.4 Å². The zero-order chi connectivity index (χ0) is 18.3. The summed E-state index contributed by atoms with van der Waals surface area (Å²) < 4.78 is 17.4. The molecule has 136 valence electrons. The summed E-state index contributed by atoms with van der Waals surface area (Å²) in [6.07, 6.45) is -0.440. The van der Waals surface area contributed by atoms with E-state index in [1.54, 1.807) is 0 Å². The predicted octanol–water partition coefficient (Wildman–Crippen LogP) is 3.51. The fourth-order valence-corrected chi connectivity index (χ4v) is 3.46. The number of alkyl carbamates (subject to hydrolysis) is 1. The van der Waals surface area contributed by atoms with Gasteiger partial charge in [0.2, 0.25) is 0 Å². The third kappa shape index (κ3) is 4.12. The van der Waals surface area contributed by atoms with Gasteiger partial charge in [0.25, 0.3) is 0 Å². The van der Waals surface area contributed by atoms with Gasteiger partial charge in [-0.15, -0.1) is 0 Å². The monoisotopic (exact) mass is 340 g/mol. The highest BCUT2D eigenvalue weighted by Crippen LogP contribution is 2.46. The minimum absolute atomic E-state index is 0.0693. The van der Waals surface area contributed by atoms with Crippen molar-refractivity contribution < 1.29 is 19.0 Å². The molecule has 0 bridgehead atoms. The summed E-state index contributed by atoms with van der Waals surface area (Å²) in [7, 11) is 0. The van der Waals surface area contributed by atoms with Crippen LogP contribution < -0.4 is 5.32 Å². The van der Waals surface area contributed by atoms with E-state index in [-0.39, 0.29) is 24.2 Å². The molecule has 1 amide bonds. The third-order valence-corrected chi connectivity index (χ3v) is 4.38. The van der Waals surface area contributed by atoms with Crippen molar-refractivity contribution in [1.82, 2.24) is 5.32 Å². The molecule has 8 nitrogen and oxygen atoms in total. The number of ether oxygens (including phenoxy) is 3. The Balaban J connectivity index is 2.18. The molecule has 1 aliphatic heterocycles. The highest BCUT2D eigenvalue weighted by atomic mass is 16.8. The Hall–Kier alpha value is -1.50. The number of fused-ring (bicyclic) bond motifs is 1. The van der Waals surface area contributed by atoms with Gasteiger partial charge in [0, 0.05) is 16.4 Å². The first-order valence-corrected chi connectivity index (χ1v) is 8.26. The fourth-order valence-electron chi connectivity index (χ4n) is 3.46. The van der Waals surface area contributed by atoms with Crippen LogP contribution in [0.15, 0.2) is 5.11 Å².